The summed E-state index contributed by atoms with van der Waals surface area (Å²) in [5.74, 6) is -0.615. The number of fused-ring (bicyclic) bond motifs is 3. The van der Waals surface area contributed by atoms with Gasteiger partial charge >= 0.3 is 5.97 Å². The summed E-state index contributed by atoms with van der Waals surface area (Å²) in [7, 11) is 1.33. The molecule has 0 aromatic heterocycles. The maximum Gasteiger partial charge on any atom is 0.337 e. The molecule has 7 nitrogen and oxygen atoms in total. The minimum atomic E-state index is -0.462. The van der Waals surface area contributed by atoms with Crippen LogP contribution in [-0.2, 0) is 9.53 Å². The molecule has 27 heavy (non-hydrogen) atoms. The summed E-state index contributed by atoms with van der Waals surface area (Å²) in [6, 6.07) is 12.2. The van der Waals surface area contributed by atoms with Crippen molar-refractivity contribution in [3.8, 4) is 0 Å². The third-order valence-corrected chi connectivity index (χ3v) is 4.80. The fourth-order valence-electron chi connectivity index (χ4n) is 3.31. The van der Waals surface area contributed by atoms with Crippen LogP contribution >= 0.6 is 11.6 Å². The van der Waals surface area contributed by atoms with Gasteiger partial charge in [0.05, 0.1) is 29.8 Å². The average Bonchev–Trinajstić information content (AvgIpc) is 2.96. The number of allylic oxidation sites excluding steroid dienone is 1. The zero-order valence-electron chi connectivity index (χ0n) is 14.7. The van der Waals surface area contributed by atoms with Gasteiger partial charge in [0.1, 0.15) is 6.54 Å². The van der Waals surface area contributed by atoms with Gasteiger partial charge in [0.2, 0.25) is 0 Å². The third kappa shape index (κ3) is 2.90. The summed E-state index contributed by atoms with van der Waals surface area (Å²) in [5, 5.41) is 2.33. The molecule has 2 N–H and O–H groups in total. The van der Waals surface area contributed by atoms with Gasteiger partial charge in [-0.3, -0.25) is 14.7 Å². The van der Waals surface area contributed by atoms with Crippen molar-refractivity contribution in [1.29, 1.82) is 0 Å². The first-order valence-corrected chi connectivity index (χ1v) is 8.68. The standard InChI is InChI=1S/C19H17ClN4O3/c1-11-18-15-8-3-12(19(26)27-2)9-16(15)24(14-6-4-13(20)5-7-14)17(25)10-23(18)22-21-11/h3-9,21-22H,10H2,1-2H3. The van der Waals surface area contributed by atoms with E-state index in [4.69, 9.17) is 16.3 Å². The Hall–Kier alpha value is -3.03. The second-order valence-corrected chi connectivity index (χ2v) is 6.66. The summed E-state index contributed by atoms with van der Waals surface area (Å²) < 4.78 is 4.84. The molecular formula is C19H17ClN4O3. The van der Waals surface area contributed by atoms with Gasteiger partial charge in [-0.05, 0) is 49.4 Å². The number of esters is 1. The molecule has 4 rings (SSSR count). The van der Waals surface area contributed by atoms with E-state index in [0.29, 0.717) is 22.0 Å². The molecule has 0 fully saturated rings. The number of nitrogens with zero attached hydrogens (tertiary/aromatic N) is 2. The molecule has 0 spiro atoms. The summed E-state index contributed by atoms with van der Waals surface area (Å²) >= 11 is 6.00. The number of nitrogens with one attached hydrogen (secondary N) is 2. The third-order valence-electron chi connectivity index (χ3n) is 4.55. The van der Waals surface area contributed by atoms with Crippen molar-refractivity contribution in [2.75, 3.05) is 18.6 Å². The number of hydrogen-bond donors (Lipinski definition) is 2. The summed E-state index contributed by atoms with van der Waals surface area (Å²) in [5.41, 5.74) is 10.2. The van der Waals surface area contributed by atoms with Crippen LogP contribution in [0.2, 0.25) is 5.02 Å². The minimum absolute atomic E-state index is 0.116. The molecule has 8 heteroatoms. The number of halogens is 1. The average molecular weight is 385 g/mol. The molecule has 0 saturated carbocycles. The van der Waals surface area contributed by atoms with Gasteiger partial charge in [-0.15, -0.1) is 5.53 Å². The smallest absolute Gasteiger partial charge is 0.337 e. The Balaban J connectivity index is 1.96. The topological polar surface area (TPSA) is 73.9 Å². The zero-order chi connectivity index (χ0) is 19.1. The number of amides is 1. The van der Waals surface area contributed by atoms with Crippen molar-refractivity contribution in [2.45, 2.75) is 6.92 Å². The number of carbonyl (C=O) groups excluding carboxylic acids is 2. The molecule has 2 aromatic rings. The molecule has 2 heterocycles. The van der Waals surface area contributed by atoms with E-state index < -0.39 is 5.97 Å². The highest BCUT2D eigenvalue weighted by Crippen LogP contribution is 2.39. The van der Waals surface area contributed by atoms with Gasteiger partial charge in [0.25, 0.3) is 5.91 Å². The summed E-state index contributed by atoms with van der Waals surface area (Å²) in [4.78, 5) is 26.8. The van der Waals surface area contributed by atoms with Gasteiger partial charge in [0, 0.05) is 16.3 Å². The highest BCUT2D eigenvalue weighted by Gasteiger charge is 2.34. The number of hydrazine groups is 2. The van der Waals surface area contributed by atoms with E-state index in [-0.39, 0.29) is 12.5 Å². The van der Waals surface area contributed by atoms with E-state index in [1.807, 2.05) is 13.0 Å². The first kappa shape index (κ1) is 17.4. The van der Waals surface area contributed by atoms with E-state index in [9.17, 15) is 9.59 Å². The van der Waals surface area contributed by atoms with E-state index in [1.54, 1.807) is 46.3 Å². The molecule has 2 aromatic carbocycles. The molecule has 2 aliphatic heterocycles. The monoisotopic (exact) mass is 384 g/mol. The van der Waals surface area contributed by atoms with Crippen LogP contribution < -0.4 is 15.9 Å². The van der Waals surface area contributed by atoms with Crippen molar-refractivity contribution in [3.63, 3.8) is 0 Å². The molecule has 1 amide bonds. The largest absolute Gasteiger partial charge is 0.465 e. The molecule has 0 radical (unpaired) electrons. The summed E-state index contributed by atoms with van der Waals surface area (Å²) in [6.07, 6.45) is 0. The number of anilines is 2. The van der Waals surface area contributed by atoms with Crippen molar-refractivity contribution < 1.29 is 14.3 Å². The lowest BCUT2D eigenvalue weighted by atomic mass is 10.0. The Labute approximate surface area is 161 Å². The molecule has 2 aliphatic rings. The molecule has 0 unspecified atom stereocenters. The van der Waals surface area contributed by atoms with E-state index in [1.165, 1.54) is 7.11 Å². The molecule has 0 atom stereocenters. The van der Waals surface area contributed by atoms with Crippen LogP contribution in [0.4, 0.5) is 11.4 Å². The number of carbonyl (C=O) groups is 2. The predicted molar refractivity (Wildman–Crippen MR) is 102 cm³/mol. The van der Waals surface area contributed by atoms with Gasteiger partial charge in [0.15, 0.2) is 0 Å². The maximum absolute atomic E-state index is 13.1. The Morgan fingerprint density at radius 2 is 1.93 bits per heavy atom. The van der Waals surface area contributed by atoms with E-state index in [0.717, 1.165) is 17.0 Å². The Morgan fingerprint density at radius 3 is 2.63 bits per heavy atom. The number of benzene rings is 2. The lowest BCUT2D eigenvalue weighted by Crippen LogP contribution is -2.42. The predicted octanol–water partition coefficient (Wildman–Crippen LogP) is 2.82. The summed E-state index contributed by atoms with van der Waals surface area (Å²) in [6.45, 7) is 2.04. The lowest BCUT2D eigenvalue weighted by Gasteiger charge is -2.23. The normalized spacial score (nSPS) is 15.9. The quantitative estimate of drug-likeness (QED) is 0.776. The van der Waals surface area contributed by atoms with Gasteiger partial charge in [-0.1, -0.05) is 11.6 Å². The van der Waals surface area contributed by atoms with Crippen LogP contribution in [0.15, 0.2) is 48.2 Å². The highest BCUT2D eigenvalue weighted by atomic mass is 35.5. The van der Waals surface area contributed by atoms with Gasteiger partial charge < -0.3 is 10.2 Å². The van der Waals surface area contributed by atoms with Crippen molar-refractivity contribution in [2.24, 2.45) is 0 Å². The first-order valence-electron chi connectivity index (χ1n) is 8.31. The molecule has 0 saturated heterocycles. The molecule has 0 bridgehead atoms. The van der Waals surface area contributed by atoms with Crippen LogP contribution in [-0.4, -0.2) is 30.5 Å². The highest BCUT2D eigenvalue weighted by molar-refractivity contribution is 6.30. The fourth-order valence-corrected chi connectivity index (χ4v) is 3.44. The van der Waals surface area contributed by atoms with Crippen molar-refractivity contribution >= 4 is 40.5 Å². The van der Waals surface area contributed by atoms with Crippen LogP contribution in [0, 0.1) is 0 Å². The van der Waals surface area contributed by atoms with Gasteiger partial charge in [-0.25, -0.2) is 4.79 Å². The maximum atomic E-state index is 13.1. The fraction of sp³-hybridized carbons (Fsp3) is 0.158. The Morgan fingerprint density at radius 1 is 1.19 bits per heavy atom. The molecule has 138 valence electrons. The van der Waals surface area contributed by atoms with E-state index >= 15 is 0 Å². The van der Waals surface area contributed by atoms with Gasteiger partial charge in [-0.2, -0.15) is 0 Å². The van der Waals surface area contributed by atoms with Crippen LogP contribution in [0.25, 0.3) is 5.70 Å². The van der Waals surface area contributed by atoms with E-state index in [2.05, 4.69) is 11.0 Å². The second kappa shape index (κ2) is 6.61. The van der Waals surface area contributed by atoms with Crippen LogP contribution in [0.1, 0.15) is 22.8 Å². The Kier molecular flexibility index (Phi) is 4.25. The first-order chi connectivity index (χ1) is 13.0. The number of methoxy groups -OCH3 is 1. The van der Waals surface area contributed by atoms with Crippen LogP contribution in [0.5, 0.6) is 0 Å². The second-order valence-electron chi connectivity index (χ2n) is 6.23. The molecular weight excluding hydrogens is 368 g/mol. The van der Waals surface area contributed by atoms with Crippen molar-refractivity contribution in [1.82, 2.24) is 16.0 Å². The SMILES string of the molecule is COC(=O)c1ccc2c(c1)N(c1ccc(Cl)cc1)C(=O)CN1NNC(C)=C21. The lowest BCUT2D eigenvalue weighted by molar-refractivity contribution is -0.118. The molecule has 0 aliphatic carbocycles. The Bertz CT molecular complexity index is 971. The minimum Gasteiger partial charge on any atom is -0.465 e. The van der Waals surface area contributed by atoms with Crippen LogP contribution in [0.3, 0.4) is 0 Å². The number of rotatable bonds is 2. The number of hydrogen-bond acceptors (Lipinski definition) is 6. The number of ether oxygens (including phenoxy) is 1. The van der Waals surface area contributed by atoms with Crippen molar-refractivity contribution in [3.05, 3.63) is 64.3 Å². The zero-order valence-corrected chi connectivity index (χ0v) is 15.5.